The smallest absolute Gasteiger partial charge is 0.133 e. The van der Waals surface area contributed by atoms with Gasteiger partial charge in [-0.15, -0.1) is 0 Å². The van der Waals surface area contributed by atoms with E-state index in [0.717, 1.165) is 11.6 Å². The second-order valence-electron chi connectivity index (χ2n) is 4.43. The number of Topliss-reactive ketones (excluding diaryl/α,β-unsaturated/α-hetero) is 1. The highest BCUT2D eigenvalue weighted by atomic mass is 16.1. The fourth-order valence-corrected chi connectivity index (χ4v) is 1.37. The predicted octanol–water partition coefficient (Wildman–Crippen LogP) is 1.71. The monoisotopic (exact) mass is 236 g/mol. The van der Waals surface area contributed by atoms with Crippen molar-refractivity contribution in [1.29, 1.82) is 0 Å². The summed E-state index contributed by atoms with van der Waals surface area (Å²) in [6.07, 6.45) is 2.07. The van der Waals surface area contributed by atoms with E-state index in [-0.39, 0.29) is 5.78 Å². The predicted molar refractivity (Wildman–Crippen MR) is 69.4 cm³/mol. The van der Waals surface area contributed by atoms with E-state index in [1.807, 2.05) is 18.0 Å². The fraction of sp³-hybridized carbons (Fsp3) is 0.583. The van der Waals surface area contributed by atoms with Crippen LogP contribution in [-0.2, 0) is 4.79 Å². The maximum atomic E-state index is 10.9. The van der Waals surface area contributed by atoms with Gasteiger partial charge in [-0.25, -0.2) is 9.97 Å². The molecule has 0 amide bonds. The maximum absolute atomic E-state index is 10.9. The number of nitrogens with zero attached hydrogens (tertiary/aromatic N) is 3. The minimum absolute atomic E-state index is 0.187. The van der Waals surface area contributed by atoms with Gasteiger partial charge in [0.05, 0.1) is 0 Å². The van der Waals surface area contributed by atoms with Crippen LogP contribution >= 0.6 is 0 Å². The lowest BCUT2D eigenvalue weighted by Crippen LogP contribution is -2.22. The second-order valence-corrected chi connectivity index (χ2v) is 4.43. The summed E-state index contributed by atoms with van der Waals surface area (Å²) < 4.78 is 0. The van der Waals surface area contributed by atoms with Crippen molar-refractivity contribution in [1.82, 2.24) is 9.97 Å². The lowest BCUT2D eigenvalue weighted by molar-refractivity contribution is -0.116. The number of anilines is 2. The standard InChI is InChI=1S/C12H20N4O/c1-9(2)15-11-7-12(14-8-13-11)16(4)6-5-10(3)17/h7-9H,5-6H2,1-4H3,(H,13,14,15). The molecule has 0 saturated carbocycles. The van der Waals surface area contributed by atoms with Gasteiger partial charge in [-0.05, 0) is 20.8 Å². The lowest BCUT2D eigenvalue weighted by atomic mass is 10.3. The highest BCUT2D eigenvalue weighted by Crippen LogP contribution is 2.13. The topological polar surface area (TPSA) is 58.1 Å². The molecule has 0 unspecified atom stereocenters. The van der Waals surface area contributed by atoms with Crippen LogP contribution in [0.2, 0.25) is 0 Å². The number of carbonyl (C=O) groups excluding carboxylic acids is 1. The van der Waals surface area contributed by atoms with Crippen molar-refractivity contribution in [3.8, 4) is 0 Å². The number of rotatable bonds is 6. The second kappa shape index (κ2) is 6.18. The van der Waals surface area contributed by atoms with Crippen LogP contribution in [0.15, 0.2) is 12.4 Å². The molecule has 17 heavy (non-hydrogen) atoms. The van der Waals surface area contributed by atoms with Gasteiger partial charge in [0, 0.05) is 32.1 Å². The molecule has 5 heteroatoms. The van der Waals surface area contributed by atoms with Crippen molar-refractivity contribution < 1.29 is 4.79 Å². The summed E-state index contributed by atoms with van der Waals surface area (Å²) in [4.78, 5) is 21.2. The minimum Gasteiger partial charge on any atom is -0.368 e. The van der Waals surface area contributed by atoms with Crippen LogP contribution in [0.3, 0.4) is 0 Å². The summed E-state index contributed by atoms with van der Waals surface area (Å²) in [5.41, 5.74) is 0. The molecule has 0 bridgehead atoms. The summed E-state index contributed by atoms with van der Waals surface area (Å²) in [6, 6.07) is 2.22. The maximum Gasteiger partial charge on any atom is 0.133 e. The van der Waals surface area contributed by atoms with Crippen molar-refractivity contribution in [2.24, 2.45) is 0 Å². The van der Waals surface area contributed by atoms with Gasteiger partial charge in [0.1, 0.15) is 23.7 Å². The van der Waals surface area contributed by atoms with E-state index in [1.165, 1.54) is 6.33 Å². The fourth-order valence-electron chi connectivity index (χ4n) is 1.37. The van der Waals surface area contributed by atoms with E-state index >= 15 is 0 Å². The Bertz CT molecular complexity index is 379. The SMILES string of the molecule is CC(=O)CCN(C)c1cc(NC(C)C)ncn1. The zero-order chi connectivity index (χ0) is 12.8. The molecule has 5 nitrogen and oxygen atoms in total. The normalized spacial score (nSPS) is 10.4. The highest BCUT2D eigenvalue weighted by Gasteiger charge is 2.06. The molecule has 1 heterocycles. The Morgan fingerprint density at radius 2 is 2.18 bits per heavy atom. The van der Waals surface area contributed by atoms with Gasteiger partial charge < -0.3 is 10.2 Å². The number of hydrogen-bond donors (Lipinski definition) is 1. The Hall–Kier alpha value is -1.65. The van der Waals surface area contributed by atoms with Gasteiger partial charge >= 0.3 is 0 Å². The van der Waals surface area contributed by atoms with Crippen molar-refractivity contribution >= 4 is 17.4 Å². The van der Waals surface area contributed by atoms with Crippen molar-refractivity contribution in [3.63, 3.8) is 0 Å². The lowest BCUT2D eigenvalue weighted by Gasteiger charge is -2.18. The Balaban J connectivity index is 2.66. The number of nitrogens with one attached hydrogen (secondary N) is 1. The van der Waals surface area contributed by atoms with E-state index < -0.39 is 0 Å². The Kier molecular flexibility index (Phi) is 4.87. The summed E-state index contributed by atoms with van der Waals surface area (Å²) in [6.45, 7) is 6.38. The number of ketones is 1. The van der Waals surface area contributed by atoms with E-state index in [1.54, 1.807) is 6.92 Å². The third-order valence-corrected chi connectivity index (χ3v) is 2.28. The van der Waals surface area contributed by atoms with Crippen LogP contribution < -0.4 is 10.2 Å². The van der Waals surface area contributed by atoms with E-state index in [2.05, 4.69) is 29.1 Å². The molecule has 1 aromatic rings. The van der Waals surface area contributed by atoms with Gasteiger partial charge in [0.2, 0.25) is 0 Å². The Morgan fingerprint density at radius 3 is 2.76 bits per heavy atom. The molecule has 1 N–H and O–H groups in total. The third-order valence-electron chi connectivity index (χ3n) is 2.28. The number of hydrogen-bond acceptors (Lipinski definition) is 5. The molecular formula is C12H20N4O. The van der Waals surface area contributed by atoms with Gasteiger partial charge in [0.15, 0.2) is 0 Å². The molecular weight excluding hydrogens is 216 g/mol. The van der Waals surface area contributed by atoms with Crippen LogP contribution in [0, 0.1) is 0 Å². The molecule has 0 spiro atoms. The summed E-state index contributed by atoms with van der Waals surface area (Å²) >= 11 is 0. The Labute approximate surface area is 102 Å². The summed E-state index contributed by atoms with van der Waals surface area (Å²) in [5, 5.41) is 3.22. The van der Waals surface area contributed by atoms with Gasteiger partial charge in [-0.1, -0.05) is 0 Å². The quantitative estimate of drug-likeness (QED) is 0.815. The average molecular weight is 236 g/mol. The molecule has 0 aliphatic heterocycles. The highest BCUT2D eigenvalue weighted by molar-refractivity contribution is 5.76. The zero-order valence-corrected chi connectivity index (χ0v) is 10.9. The van der Waals surface area contributed by atoms with Gasteiger partial charge in [0.25, 0.3) is 0 Å². The van der Waals surface area contributed by atoms with Crippen molar-refractivity contribution in [3.05, 3.63) is 12.4 Å². The zero-order valence-electron chi connectivity index (χ0n) is 10.9. The summed E-state index contributed by atoms with van der Waals surface area (Å²) in [7, 11) is 1.92. The molecule has 0 aliphatic carbocycles. The van der Waals surface area contributed by atoms with Crippen LogP contribution in [0.4, 0.5) is 11.6 Å². The molecule has 94 valence electrons. The summed E-state index contributed by atoms with van der Waals surface area (Å²) in [5.74, 6) is 1.82. The van der Waals surface area contributed by atoms with Gasteiger partial charge in [-0.3, -0.25) is 4.79 Å². The van der Waals surface area contributed by atoms with Crippen molar-refractivity contribution in [2.75, 3.05) is 23.8 Å². The molecule has 1 aromatic heterocycles. The van der Waals surface area contributed by atoms with Crippen molar-refractivity contribution in [2.45, 2.75) is 33.2 Å². The molecule has 1 rings (SSSR count). The van der Waals surface area contributed by atoms with E-state index in [0.29, 0.717) is 19.0 Å². The molecule has 0 aromatic carbocycles. The van der Waals surface area contributed by atoms with Crippen LogP contribution in [0.25, 0.3) is 0 Å². The minimum atomic E-state index is 0.187. The Morgan fingerprint density at radius 1 is 1.47 bits per heavy atom. The van der Waals surface area contributed by atoms with E-state index in [4.69, 9.17) is 0 Å². The van der Waals surface area contributed by atoms with Gasteiger partial charge in [-0.2, -0.15) is 0 Å². The molecule has 0 saturated heterocycles. The third kappa shape index (κ3) is 4.80. The first-order chi connectivity index (χ1) is 7.99. The number of carbonyl (C=O) groups is 1. The van der Waals surface area contributed by atoms with Crippen LogP contribution in [0.5, 0.6) is 0 Å². The first-order valence-electron chi connectivity index (χ1n) is 5.78. The first-order valence-corrected chi connectivity index (χ1v) is 5.78. The van der Waals surface area contributed by atoms with Crippen LogP contribution in [0.1, 0.15) is 27.2 Å². The van der Waals surface area contributed by atoms with Crippen LogP contribution in [-0.4, -0.2) is 35.4 Å². The first kappa shape index (κ1) is 13.4. The largest absolute Gasteiger partial charge is 0.368 e. The molecule has 0 atom stereocenters. The average Bonchev–Trinajstić information content (AvgIpc) is 2.25. The molecule has 0 radical (unpaired) electrons. The molecule has 0 fully saturated rings. The number of aromatic nitrogens is 2. The van der Waals surface area contributed by atoms with E-state index in [9.17, 15) is 4.79 Å². The molecule has 0 aliphatic rings.